The van der Waals surface area contributed by atoms with Crippen LogP contribution in [0.2, 0.25) is 50.4 Å². The van der Waals surface area contributed by atoms with Crippen molar-refractivity contribution in [3.63, 3.8) is 0 Å². The molecule has 0 aliphatic heterocycles. The summed E-state index contributed by atoms with van der Waals surface area (Å²) in [5, 5.41) is 19.3. The lowest BCUT2D eigenvalue weighted by molar-refractivity contribution is 0.315. The van der Waals surface area contributed by atoms with Crippen LogP contribution in [-0.2, 0) is 0 Å². The number of rotatable bonds is 10. The van der Waals surface area contributed by atoms with E-state index in [-0.39, 0.29) is 9.52 Å². The van der Waals surface area contributed by atoms with E-state index < -0.39 is 16.1 Å². The van der Waals surface area contributed by atoms with Crippen molar-refractivity contribution >= 4 is 36.8 Å². The Hall–Kier alpha value is -1.51. The van der Waals surface area contributed by atoms with E-state index in [1.807, 2.05) is 0 Å². The summed E-state index contributed by atoms with van der Waals surface area (Å²) in [6.45, 7) is 10.3. The molecule has 176 valence electrons. The van der Waals surface area contributed by atoms with Crippen LogP contribution in [0.5, 0.6) is 0 Å². The van der Waals surface area contributed by atoms with Gasteiger partial charge in [-0.2, -0.15) is 0 Å². The van der Waals surface area contributed by atoms with Gasteiger partial charge in [-0.25, -0.2) is 0 Å². The molecular weight excluding hydrogens is 453 g/mol. The molecule has 2 atom stereocenters. The zero-order chi connectivity index (χ0) is 23.6. The number of fused-ring (bicyclic) bond motifs is 2. The maximum Gasteiger partial charge on any atom is 0.0619 e. The second-order valence-corrected chi connectivity index (χ2v) is 23.2. The third-order valence-electron chi connectivity index (χ3n) is 8.11. The molecule has 33 heavy (non-hydrogen) atoms. The van der Waals surface area contributed by atoms with Gasteiger partial charge in [-0.15, -0.1) is 0 Å². The molecule has 2 aromatic carbocycles. The Balaban J connectivity index is 1.51. The maximum atomic E-state index is 9.63. The first kappa shape index (κ1) is 24.6. The molecule has 4 rings (SSSR count). The van der Waals surface area contributed by atoms with E-state index in [2.05, 4.69) is 86.9 Å². The fourth-order valence-electron chi connectivity index (χ4n) is 5.97. The molecule has 2 aliphatic rings. The molecule has 0 heterocycles. The van der Waals surface area contributed by atoms with Crippen molar-refractivity contribution in [1.82, 2.24) is 0 Å². The molecule has 0 fully saturated rings. The van der Waals surface area contributed by atoms with Crippen molar-refractivity contribution in [1.29, 1.82) is 0 Å². The lowest BCUT2D eigenvalue weighted by Gasteiger charge is -2.28. The first-order valence-corrected chi connectivity index (χ1v) is 21.2. The minimum atomic E-state index is -1.55. The van der Waals surface area contributed by atoms with E-state index in [1.165, 1.54) is 34.3 Å². The highest BCUT2D eigenvalue weighted by molar-refractivity contribution is 6.80. The summed E-state index contributed by atoms with van der Waals surface area (Å²) in [7, 11) is -3.39. The van der Waals surface area contributed by atoms with Crippen molar-refractivity contribution in [2.24, 2.45) is 0 Å². The maximum absolute atomic E-state index is 9.63. The molecule has 0 bridgehead atoms. The largest absolute Gasteiger partial charge is 0.397 e. The Labute approximate surface area is 204 Å². The van der Waals surface area contributed by atoms with Gasteiger partial charge in [-0.1, -0.05) is 86.9 Å². The number of hydrogen-bond acceptors (Lipinski definition) is 2. The third kappa shape index (κ3) is 4.98. The van der Waals surface area contributed by atoms with Crippen LogP contribution in [0.4, 0.5) is 0 Å². The van der Waals surface area contributed by atoms with E-state index in [9.17, 15) is 10.2 Å². The second-order valence-electron chi connectivity index (χ2n) is 11.3. The lowest BCUT2D eigenvalue weighted by Crippen LogP contribution is -2.34. The van der Waals surface area contributed by atoms with Crippen LogP contribution in [0.15, 0.2) is 60.7 Å². The van der Waals surface area contributed by atoms with E-state index in [1.54, 1.807) is 11.1 Å². The van der Waals surface area contributed by atoms with Gasteiger partial charge in [0.1, 0.15) is 0 Å². The zero-order valence-corrected chi connectivity index (χ0v) is 24.2. The molecule has 0 saturated carbocycles. The topological polar surface area (TPSA) is 40.5 Å². The monoisotopic (exact) mass is 492 g/mol. The second kappa shape index (κ2) is 10.0. The molecule has 2 unspecified atom stereocenters. The quantitative estimate of drug-likeness (QED) is 0.409. The van der Waals surface area contributed by atoms with Gasteiger partial charge in [-0.3, -0.25) is 0 Å². The van der Waals surface area contributed by atoms with E-state index in [0.717, 1.165) is 12.1 Å². The summed E-state index contributed by atoms with van der Waals surface area (Å²) in [6.07, 6.45) is 5.16. The Bertz CT molecular complexity index is 971. The van der Waals surface area contributed by atoms with Crippen LogP contribution in [0.25, 0.3) is 11.1 Å². The zero-order valence-electron chi connectivity index (χ0n) is 20.8. The lowest BCUT2D eigenvalue weighted by atomic mass is 10.1. The van der Waals surface area contributed by atoms with Gasteiger partial charge in [0.05, 0.1) is 16.1 Å². The Kier molecular flexibility index (Phi) is 7.46. The summed E-state index contributed by atoms with van der Waals surface area (Å²) in [4.78, 5) is 0. The summed E-state index contributed by atoms with van der Waals surface area (Å²) in [5.74, 6) is 0. The SMILES string of the molecule is C[Si](C)(CCO)C1C=C(C[SiH2]CC2=CC([Si](C)(C)CCO)c3ccccc32)c2ccccc21. The molecule has 2 nitrogen and oxygen atoms in total. The van der Waals surface area contributed by atoms with E-state index in [4.69, 9.17) is 0 Å². The normalized spacial score (nSPS) is 20.2. The summed E-state index contributed by atoms with van der Waals surface area (Å²) < 4.78 is 0. The Morgan fingerprint density at radius 2 is 1.06 bits per heavy atom. The average molecular weight is 493 g/mol. The smallest absolute Gasteiger partial charge is 0.0619 e. The van der Waals surface area contributed by atoms with Crippen LogP contribution < -0.4 is 0 Å². The molecule has 0 saturated heterocycles. The van der Waals surface area contributed by atoms with Crippen LogP contribution >= 0.6 is 0 Å². The molecule has 2 aliphatic carbocycles. The van der Waals surface area contributed by atoms with Gasteiger partial charge in [0.2, 0.25) is 0 Å². The van der Waals surface area contributed by atoms with Gasteiger partial charge in [0.15, 0.2) is 0 Å². The molecule has 2 N–H and O–H groups in total. The van der Waals surface area contributed by atoms with Gasteiger partial charge < -0.3 is 10.2 Å². The fraction of sp³-hybridized carbons (Fsp3) is 0.429. The Morgan fingerprint density at radius 3 is 1.45 bits per heavy atom. The van der Waals surface area contributed by atoms with Gasteiger partial charge in [-0.05, 0) is 68.7 Å². The predicted molar refractivity (Wildman–Crippen MR) is 151 cm³/mol. The highest BCUT2D eigenvalue weighted by Crippen LogP contribution is 2.46. The van der Waals surface area contributed by atoms with Crippen LogP contribution in [0, 0.1) is 0 Å². The molecule has 0 amide bonds. The number of aliphatic hydroxyl groups is 2. The van der Waals surface area contributed by atoms with E-state index in [0.29, 0.717) is 24.3 Å². The summed E-state index contributed by atoms with van der Waals surface area (Å²) >= 11 is 0. The van der Waals surface area contributed by atoms with E-state index >= 15 is 0 Å². The summed E-state index contributed by atoms with van der Waals surface area (Å²) in [6, 6.07) is 22.5. The van der Waals surface area contributed by atoms with Gasteiger partial charge in [0, 0.05) is 22.7 Å². The minimum absolute atomic E-state index is 0.287. The first-order valence-electron chi connectivity index (χ1n) is 12.6. The molecule has 0 aromatic heterocycles. The third-order valence-corrected chi connectivity index (χ3v) is 17.2. The van der Waals surface area contributed by atoms with Crippen molar-refractivity contribution in [3.05, 3.63) is 82.9 Å². The van der Waals surface area contributed by atoms with Gasteiger partial charge >= 0.3 is 0 Å². The average Bonchev–Trinajstić information content (AvgIpc) is 3.34. The molecule has 0 radical (unpaired) electrons. The highest BCUT2D eigenvalue weighted by atomic mass is 28.3. The van der Waals surface area contributed by atoms with Crippen molar-refractivity contribution in [2.75, 3.05) is 13.2 Å². The summed E-state index contributed by atoms with van der Waals surface area (Å²) in [5.41, 5.74) is 10.2. The molecular formula is C28H40O2Si3. The van der Waals surface area contributed by atoms with Crippen molar-refractivity contribution in [3.8, 4) is 0 Å². The number of benzene rings is 2. The highest BCUT2D eigenvalue weighted by Gasteiger charge is 2.37. The Morgan fingerprint density at radius 1 is 0.667 bits per heavy atom. The molecule has 5 heteroatoms. The number of aliphatic hydroxyl groups excluding tert-OH is 2. The minimum Gasteiger partial charge on any atom is -0.397 e. The fourth-order valence-corrected chi connectivity index (χ4v) is 13.0. The molecule has 0 spiro atoms. The van der Waals surface area contributed by atoms with Crippen molar-refractivity contribution < 1.29 is 10.2 Å². The van der Waals surface area contributed by atoms with Crippen LogP contribution in [0.1, 0.15) is 33.3 Å². The van der Waals surface area contributed by atoms with Crippen LogP contribution in [0.3, 0.4) is 0 Å². The van der Waals surface area contributed by atoms with Gasteiger partial charge in [0.25, 0.3) is 0 Å². The number of allylic oxidation sites excluding steroid dienone is 4. The van der Waals surface area contributed by atoms with Crippen LogP contribution in [-0.4, -0.2) is 49.1 Å². The number of hydrogen-bond donors (Lipinski definition) is 2. The standard InChI is InChI=1S/C28H40O2Si3/c1-32(2,15-13-29)27-17-21(23-9-5-7-11-25(23)27)19-31-20-22-18-28(33(3,4)16-14-30)26-12-8-6-10-24(22)26/h5-12,17-18,27-30H,13-16,19-20,31H2,1-4H3. The molecule has 2 aromatic rings. The first-order chi connectivity index (χ1) is 15.8. The predicted octanol–water partition coefficient (Wildman–Crippen LogP) is 5.83. The van der Waals surface area contributed by atoms with Crippen molar-refractivity contribution in [2.45, 2.75) is 61.4 Å².